The number of oxazole rings is 1. The third-order valence-electron chi connectivity index (χ3n) is 3.61. The summed E-state index contributed by atoms with van der Waals surface area (Å²) >= 11 is 5.35. The van der Waals surface area contributed by atoms with E-state index < -0.39 is 0 Å². The highest BCUT2D eigenvalue weighted by atomic mass is 32.1. The largest absolute Gasteiger partial charge is 0.429 e. The number of nitrogens with zero attached hydrogens (tertiary/aromatic N) is 2. The first-order chi connectivity index (χ1) is 10.3. The van der Waals surface area contributed by atoms with Gasteiger partial charge < -0.3 is 4.42 Å². The van der Waals surface area contributed by atoms with Gasteiger partial charge in [0.1, 0.15) is 0 Å². The van der Waals surface area contributed by atoms with Crippen LogP contribution in [0.25, 0.3) is 11.1 Å². The molecule has 0 fully saturated rings. The maximum atomic E-state index is 5.65. The van der Waals surface area contributed by atoms with E-state index >= 15 is 0 Å². The smallest absolute Gasteiger partial charge is 0.270 e. The Labute approximate surface area is 129 Å². The van der Waals surface area contributed by atoms with Gasteiger partial charge in [0.05, 0.1) is 12.2 Å². The molecule has 0 aliphatic heterocycles. The molecule has 0 unspecified atom stereocenters. The van der Waals surface area contributed by atoms with Crippen molar-refractivity contribution in [3.8, 4) is 0 Å². The summed E-state index contributed by atoms with van der Waals surface area (Å²) < 4.78 is 7.70. The average Bonchev–Trinajstić information content (AvgIpc) is 2.83. The minimum Gasteiger partial charge on any atom is -0.429 e. The second kappa shape index (κ2) is 6.24. The zero-order chi connectivity index (χ0) is 14.7. The lowest BCUT2D eigenvalue weighted by atomic mass is 10.2. The van der Waals surface area contributed by atoms with Gasteiger partial charge in [-0.1, -0.05) is 49.4 Å². The van der Waals surface area contributed by atoms with Crippen molar-refractivity contribution in [3.05, 3.63) is 65.0 Å². The van der Waals surface area contributed by atoms with Crippen molar-refractivity contribution < 1.29 is 4.42 Å². The number of para-hydroxylation sites is 2. The van der Waals surface area contributed by atoms with Gasteiger partial charge >= 0.3 is 0 Å². The highest BCUT2D eigenvalue weighted by Crippen LogP contribution is 2.18. The molecule has 0 saturated heterocycles. The van der Waals surface area contributed by atoms with E-state index in [4.69, 9.17) is 16.6 Å². The molecule has 2 aromatic carbocycles. The molecule has 3 nitrogen and oxygen atoms in total. The molecule has 0 aliphatic carbocycles. The van der Waals surface area contributed by atoms with Crippen LogP contribution in [0.3, 0.4) is 0 Å². The minimum absolute atomic E-state index is 0.530. The zero-order valence-corrected chi connectivity index (χ0v) is 12.8. The van der Waals surface area contributed by atoms with Gasteiger partial charge in [-0.25, -0.2) is 0 Å². The number of fused-ring (bicyclic) bond motifs is 1. The molecule has 1 heterocycles. The van der Waals surface area contributed by atoms with E-state index in [2.05, 4.69) is 40.7 Å². The van der Waals surface area contributed by atoms with E-state index in [0.717, 1.165) is 30.9 Å². The van der Waals surface area contributed by atoms with E-state index in [1.807, 2.05) is 30.3 Å². The summed E-state index contributed by atoms with van der Waals surface area (Å²) in [7, 11) is 0. The summed E-state index contributed by atoms with van der Waals surface area (Å²) in [4.78, 5) is 2.87. The van der Waals surface area contributed by atoms with Crippen molar-refractivity contribution in [2.75, 3.05) is 6.54 Å². The fourth-order valence-electron chi connectivity index (χ4n) is 2.45. The highest BCUT2D eigenvalue weighted by Gasteiger charge is 2.10. The monoisotopic (exact) mass is 298 g/mol. The molecular formula is C17H18N2OS. The maximum absolute atomic E-state index is 5.65. The maximum Gasteiger partial charge on any atom is 0.270 e. The molecule has 0 amide bonds. The van der Waals surface area contributed by atoms with E-state index in [-0.39, 0.29) is 0 Å². The molecular weight excluding hydrogens is 280 g/mol. The lowest BCUT2D eigenvalue weighted by molar-refractivity contribution is 0.219. The molecule has 4 heteroatoms. The Morgan fingerprint density at radius 2 is 1.76 bits per heavy atom. The van der Waals surface area contributed by atoms with E-state index in [1.165, 1.54) is 5.56 Å². The Morgan fingerprint density at radius 1 is 1.05 bits per heavy atom. The summed E-state index contributed by atoms with van der Waals surface area (Å²) in [6.45, 7) is 4.75. The second-order valence-corrected chi connectivity index (χ2v) is 5.39. The predicted octanol–water partition coefficient (Wildman–Crippen LogP) is 4.44. The van der Waals surface area contributed by atoms with Crippen LogP contribution in [0.15, 0.2) is 59.0 Å². The SMILES string of the molecule is CCN(Cc1ccccc1)Cn1c(=S)oc2ccccc21. The third-order valence-corrected chi connectivity index (χ3v) is 3.92. The number of benzene rings is 2. The lowest BCUT2D eigenvalue weighted by Gasteiger charge is -2.21. The molecule has 0 bridgehead atoms. The third kappa shape index (κ3) is 3.06. The molecule has 0 spiro atoms. The lowest BCUT2D eigenvalue weighted by Crippen LogP contribution is -2.25. The molecule has 0 radical (unpaired) electrons. The molecule has 0 N–H and O–H groups in total. The first-order valence-corrected chi connectivity index (χ1v) is 7.53. The number of hydrogen-bond acceptors (Lipinski definition) is 3. The molecule has 3 aromatic rings. The molecule has 1 aromatic heterocycles. The van der Waals surface area contributed by atoms with Gasteiger partial charge in [-0.15, -0.1) is 0 Å². The quantitative estimate of drug-likeness (QED) is 0.650. The summed E-state index contributed by atoms with van der Waals surface area (Å²) in [5, 5.41) is 0. The van der Waals surface area contributed by atoms with Crippen molar-refractivity contribution >= 4 is 23.3 Å². The van der Waals surface area contributed by atoms with E-state index in [1.54, 1.807) is 0 Å². The van der Waals surface area contributed by atoms with Gasteiger partial charge in [0.25, 0.3) is 4.84 Å². The van der Waals surface area contributed by atoms with Crippen LogP contribution in [0.5, 0.6) is 0 Å². The van der Waals surface area contributed by atoms with Crippen LogP contribution >= 0.6 is 12.2 Å². The Balaban J connectivity index is 1.86. The van der Waals surface area contributed by atoms with Gasteiger partial charge in [-0.05, 0) is 36.5 Å². The number of hydrogen-bond donors (Lipinski definition) is 0. The molecule has 21 heavy (non-hydrogen) atoms. The Bertz CT molecular complexity index is 776. The van der Waals surface area contributed by atoms with Gasteiger partial charge in [0.2, 0.25) is 0 Å². The van der Waals surface area contributed by atoms with Gasteiger partial charge in [0.15, 0.2) is 5.58 Å². The summed E-state index contributed by atoms with van der Waals surface area (Å²) in [5.41, 5.74) is 3.20. The molecule has 0 saturated carbocycles. The summed E-state index contributed by atoms with van der Waals surface area (Å²) in [6, 6.07) is 18.5. The average molecular weight is 298 g/mol. The molecule has 0 atom stereocenters. The van der Waals surface area contributed by atoms with Crippen molar-refractivity contribution in [2.45, 2.75) is 20.1 Å². The van der Waals surface area contributed by atoms with Crippen molar-refractivity contribution in [3.63, 3.8) is 0 Å². The van der Waals surface area contributed by atoms with Crippen LogP contribution in [-0.4, -0.2) is 16.0 Å². The minimum atomic E-state index is 0.530. The van der Waals surface area contributed by atoms with Crippen molar-refractivity contribution in [1.82, 2.24) is 9.47 Å². The topological polar surface area (TPSA) is 21.3 Å². The van der Waals surface area contributed by atoms with Crippen LogP contribution in [0.4, 0.5) is 0 Å². The van der Waals surface area contributed by atoms with E-state index in [9.17, 15) is 0 Å². The van der Waals surface area contributed by atoms with Crippen molar-refractivity contribution in [1.29, 1.82) is 0 Å². The van der Waals surface area contributed by atoms with Crippen LogP contribution in [-0.2, 0) is 13.2 Å². The predicted molar refractivity (Wildman–Crippen MR) is 87.6 cm³/mol. The Hall–Kier alpha value is -1.91. The second-order valence-electron chi connectivity index (χ2n) is 5.04. The molecule has 108 valence electrons. The van der Waals surface area contributed by atoms with E-state index in [0.29, 0.717) is 4.84 Å². The molecule has 0 aliphatic rings. The Kier molecular flexibility index (Phi) is 4.18. The number of aromatic nitrogens is 1. The van der Waals surface area contributed by atoms with Crippen LogP contribution < -0.4 is 0 Å². The zero-order valence-electron chi connectivity index (χ0n) is 12.0. The summed E-state index contributed by atoms with van der Waals surface area (Å²) in [5.74, 6) is 0. The van der Waals surface area contributed by atoms with Crippen LogP contribution in [0, 0.1) is 4.84 Å². The first kappa shape index (κ1) is 14.0. The van der Waals surface area contributed by atoms with Crippen LogP contribution in [0.1, 0.15) is 12.5 Å². The van der Waals surface area contributed by atoms with Crippen molar-refractivity contribution in [2.24, 2.45) is 0 Å². The number of rotatable bonds is 5. The fourth-order valence-corrected chi connectivity index (χ4v) is 2.70. The first-order valence-electron chi connectivity index (χ1n) is 7.12. The van der Waals surface area contributed by atoms with Gasteiger partial charge in [-0.3, -0.25) is 9.47 Å². The van der Waals surface area contributed by atoms with Gasteiger partial charge in [0, 0.05) is 6.54 Å². The normalized spacial score (nSPS) is 11.3. The van der Waals surface area contributed by atoms with Gasteiger partial charge in [-0.2, -0.15) is 0 Å². The fraction of sp³-hybridized carbons (Fsp3) is 0.235. The Morgan fingerprint density at radius 3 is 2.52 bits per heavy atom. The summed E-state index contributed by atoms with van der Waals surface area (Å²) in [6.07, 6.45) is 0. The van der Waals surface area contributed by atoms with Crippen LogP contribution in [0.2, 0.25) is 0 Å². The standard InChI is InChI=1S/C17H18N2OS/c1-2-18(12-14-8-4-3-5-9-14)13-19-15-10-6-7-11-16(15)20-17(19)21/h3-11H,2,12-13H2,1H3. The highest BCUT2D eigenvalue weighted by molar-refractivity contribution is 7.71. The molecule has 3 rings (SSSR count).